The molecule has 1 fully saturated rings. The van der Waals surface area contributed by atoms with Crippen LogP contribution in [0.15, 0.2) is 24.4 Å². The topological polar surface area (TPSA) is 53.4 Å². The Labute approximate surface area is 119 Å². The molecule has 2 heterocycles. The van der Waals surface area contributed by atoms with Crippen molar-refractivity contribution in [1.82, 2.24) is 4.98 Å². The molecule has 1 aromatic heterocycles. The molecule has 21 heavy (non-hydrogen) atoms. The van der Waals surface area contributed by atoms with Crippen LogP contribution in [0.4, 0.5) is 19.0 Å². The predicted molar refractivity (Wildman–Crippen MR) is 71.9 cm³/mol. The molecule has 0 unspecified atom stereocenters. The zero-order valence-electron chi connectivity index (χ0n) is 11.2. The van der Waals surface area contributed by atoms with Gasteiger partial charge in [0.15, 0.2) is 0 Å². The number of anilines is 1. The monoisotopic (exact) mass is 300 g/mol. The van der Waals surface area contributed by atoms with E-state index in [0.29, 0.717) is 24.5 Å². The molecule has 0 aliphatic carbocycles. The molecule has 0 bridgehead atoms. The van der Waals surface area contributed by atoms with Gasteiger partial charge in [-0.3, -0.25) is 0 Å². The number of alkyl halides is 3. The molecule has 0 aromatic carbocycles. The lowest BCUT2D eigenvalue weighted by Crippen LogP contribution is -2.39. The number of halogens is 3. The molecular formula is C14H15F3N2O2. The number of nitrogens with zero attached hydrogens (tertiary/aromatic N) is 2. The van der Waals surface area contributed by atoms with Gasteiger partial charge < -0.3 is 10.0 Å². The van der Waals surface area contributed by atoms with E-state index in [1.165, 1.54) is 12.3 Å². The van der Waals surface area contributed by atoms with Crippen molar-refractivity contribution in [2.75, 3.05) is 18.0 Å². The van der Waals surface area contributed by atoms with E-state index in [2.05, 4.69) is 4.98 Å². The molecule has 1 saturated heterocycles. The molecule has 114 valence electrons. The number of pyridine rings is 1. The van der Waals surface area contributed by atoms with E-state index in [1.807, 2.05) is 4.90 Å². The number of carboxylic acids is 1. The second-order valence-corrected chi connectivity index (χ2v) is 4.92. The average Bonchev–Trinajstić information content (AvgIpc) is 2.45. The third-order valence-electron chi connectivity index (χ3n) is 3.47. The van der Waals surface area contributed by atoms with Gasteiger partial charge in [-0.05, 0) is 36.6 Å². The Hall–Kier alpha value is -2.05. The van der Waals surface area contributed by atoms with Crippen LogP contribution in [0.25, 0.3) is 6.08 Å². The Morgan fingerprint density at radius 3 is 2.48 bits per heavy atom. The summed E-state index contributed by atoms with van der Waals surface area (Å²) in [6.07, 6.45) is -0.0478. The number of aliphatic carboxylic acids is 1. The molecule has 1 aromatic rings. The second-order valence-electron chi connectivity index (χ2n) is 4.92. The lowest BCUT2D eigenvalue weighted by atomic mass is 9.96. The third-order valence-corrected chi connectivity index (χ3v) is 3.47. The lowest BCUT2D eigenvalue weighted by molar-refractivity contribution is -0.179. The fraction of sp³-hybridized carbons (Fsp3) is 0.429. The summed E-state index contributed by atoms with van der Waals surface area (Å²) in [5, 5.41) is 8.52. The highest BCUT2D eigenvalue weighted by atomic mass is 19.4. The molecule has 0 amide bonds. The quantitative estimate of drug-likeness (QED) is 0.872. The maximum Gasteiger partial charge on any atom is 0.391 e. The van der Waals surface area contributed by atoms with E-state index in [4.69, 9.17) is 5.11 Å². The van der Waals surface area contributed by atoms with E-state index in [9.17, 15) is 18.0 Å². The lowest BCUT2D eigenvalue weighted by Gasteiger charge is -2.33. The fourth-order valence-electron chi connectivity index (χ4n) is 2.29. The summed E-state index contributed by atoms with van der Waals surface area (Å²) in [6, 6.07) is 3.38. The largest absolute Gasteiger partial charge is 0.478 e. The van der Waals surface area contributed by atoms with Crippen LogP contribution in [0.3, 0.4) is 0 Å². The van der Waals surface area contributed by atoms with Crippen molar-refractivity contribution in [3.8, 4) is 0 Å². The molecule has 1 aliphatic heterocycles. The van der Waals surface area contributed by atoms with Crippen LogP contribution in [0.5, 0.6) is 0 Å². The van der Waals surface area contributed by atoms with Crippen molar-refractivity contribution >= 4 is 17.9 Å². The maximum atomic E-state index is 12.6. The van der Waals surface area contributed by atoms with Crippen molar-refractivity contribution in [2.24, 2.45) is 5.92 Å². The first-order chi connectivity index (χ1) is 9.86. The molecule has 4 nitrogen and oxygen atoms in total. The van der Waals surface area contributed by atoms with Crippen molar-refractivity contribution in [1.29, 1.82) is 0 Å². The minimum Gasteiger partial charge on any atom is -0.478 e. The highest BCUT2D eigenvalue weighted by molar-refractivity contribution is 5.85. The van der Waals surface area contributed by atoms with Crippen molar-refractivity contribution in [3.05, 3.63) is 30.0 Å². The second kappa shape index (κ2) is 6.15. The molecule has 2 rings (SSSR count). The van der Waals surface area contributed by atoms with Crippen LogP contribution in [0.2, 0.25) is 0 Å². The van der Waals surface area contributed by atoms with Crippen molar-refractivity contribution < 1.29 is 23.1 Å². The SMILES string of the molecule is O=C(O)/C=C/c1ccc(N2CCC(C(F)(F)F)CC2)nc1. The summed E-state index contributed by atoms with van der Waals surface area (Å²) < 4.78 is 37.8. The van der Waals surface area contributed by atoms with Gasteiger partial charge in [-0.1, -0.05) is 0 Å². The number of rotatable bonds is 3. The smallest absolute Gasteiger partial charge is 0.391 e. The van der Waals surface area contributed by atoms with Crippen LogP contribution < -0.4 is 4.90 Å². The minimum atomic E-state index is -4.12. The first-order valence-electron chi connectivity index (χ1n) is 6.55. The van der Waals surface area contributed by atoms with Gasteiger partial charge in [0.05, 0.1) is 5.92 Å². The maximum absolute atomic E-state index is 12.6. The third kappa shape index (κ3) is 4.21. The highest BCUT2D eigenvalue weighted by Gasteiger charge is 2.41. The fourth-order valence-corrected chi connectivity index (χ4v) is 2.29. The standard InChI is InChI=1S/C14H15F3N2O2/c15-14(16,17)11-5-7-19(8-6-11)12-3-1-10(9-18-12)2-4-13(20)21/h1-4,9,11H,5-8H2,(H,20,21)/b4-2+. The summed E-state index contributed by atoms with van der Waals surface area (Å²) in [4.78, 5) is 16.4. The molecule has 0 radical (unpaired) electrons. The molecule has 1 aliphatic rings. The van der Waals surface area contributed by atoms with Crippen molar-refractivity contribution in [3.63, 3.8) is 0 Å². The number of hydrogen-bond donors (Lipinski definition) is 1. The number of carbonyl (C=O) groups is 1. The van der Waals surface area contributed by atoms with Crippen molar-refractivity contribution in [2.45, 2.75) is 19.0 Å². The Kier molecular flexibility index (Phi) is 4.50. The summed E-state index contributed by atoms with van der Waals surface area (Å²) in [5.74, 6) is -1.66. The molecule has 0 atom stereocenters. The number of aromatic nitrogens is 1. The summed E-state index contributed by atoms with van der Waals surface area (Å²) in [7, 11) is 0. The summed E-state index contributed by atoms with van der Waals surface area (Å²) in [6.45, 7) is 0.642. The molecule has 7 heteroatoms. The van der Waals surface area contributed by atoms with Crippen LogP contribution in [0.1, 0.15) is 18.4 Å². The average molecular weight is 300 g/mol. The van der Waals surface area contributed by atoms with Crippen LogP contribution >= 0.6 is 0 Å². The zero-order valence-corrected chi connectivity index (χ0v) is 11.2. The molecule has 0 spiro atoms. The Bertz CT molecular complexity index is 518. The van der Waals surface area contributed by atoms with Gasteiger partial charge in [-0.25, -0.2) is 9.78 Å². The van der Waals surface area contributed by atoms with Gasteiger partial charge >= 0.3 is 12.1 Å². The van der Waals surface area contributed by atoms with E-state index in [-0.39, 0.29) is 12.8 Å². The van der Waals surface area contributed by atoms with E-state index in [0.717, 1.165) is 6.08 Å². The van der Waals surface area contributed by atoms with Gasteiger partial charge in [0.2, 0.25) is 0 Å². The van der Waals surface area contributed by atoms with E-state index < -0.39 is 18.1 Å². The predicted octanol–water partition coefficient (Wildman–Crippen LogP) is 2.96. The minimum absolute atomic E-state index is 0.0752. The Morgan fingerprint density at radius 2 is 2.00 bits per heavy atom. The normalized spacial score (nSPS) is 17.4. The molecule has 1 N–H and O–H groups in total. The number of hydrogen-bond acceptors (Lipinski definition) is 3. The van der Waals surface area contributed by atoms with E-state index >= 15 is 0 Å². The first kappa shape index (κ1) is 15.3. The summed E-state index contributed by atoms with van der Waals surface area (Å²) >= 11 is 0. The first-order valence-corrected chi connectivity index (χ1v) is 6.55. The van der Waals surface area contributed by atoms with Crippen LogP contribution in [-0.2, 0) is 4.79 Å². The number of piperidine rings is 1. The highest BCUT2D eigenvalue weighted by Crippen LogP contribution is 2.34. The summed E-state index contributed by atoms with van der Waals surface area (Å²) in [5.41, 5.74) is 0.631. The van der Waals surface area contributed by atoms with Gasteiger partial charge in [0.25, 0.3) is 0 Å². The van der Waals surface area contributed by atoms with Crippen LogP contribution in [0, 0.1) is 5.92 Å². The zero-order chi connectivity index (χ0) is 15.5. The van der Waals surface area contributed by atoms with Gasteiger partial charge in [0.1, 0.15) is 5.82 Å². The Balaban J connectivity index is 1.96. The molecular weight excluding hydrogens is 285 g/mol. The Morgan fingerprint density at radius 1 is 1.33 bits per heavy atom. The van der Waals surface area contributed by atoms with E-state index in [1.54, 1.807) is 12.1 Å². The molecule has 0 saturated carbocycles. The van der Waals surface area contributed by atoms with Gasteiger partial charge in [-0.15, -0.1) is 0 Å². The van der Waals surface area contributed by atoms with Gasteiger partial charge in [-0.2, -0.15) is 13.2 Å². The van der Waals surface area contributed by atoms with Gasteiger partial charge in [0, 0.05) is 25.4 Å². The number of carboxylic acid groups (broad SMARTS) is 1. The van der Waals surface area contributed by atoms with Crippen LogP contribution in [-0.4, -0.2) is 35.3 Å².